The first-order valence-electron chi connectivity index (χ1n) is 6.98. The summed E-state index contributed by atoms with van der Waals surface area (Å²) in [5.41, 5.74) is 1.45. The summed E-state index contributed by atoms with van der Waals surface area (Å²) in [7, 11) is 1.78. The fraction of sp³-hybridized carbons (Fsp3) is 0.467. The number of hydrogen-bond donors (Lipinski definition) is 2. The quantitative estimate of drug-likeness (QED) is 0.838. The summed E-state index contributed by atoms with van der Waals surface area (Å²) in [5, 5.41) is 5.58. The molecule has 1 aromatic rings. The predicted octanol–water partition coefficient (Wildman–Crippen LogP) is 3.30. The molecule has 0 aliphatic carbocycles. The molecule has 0 fully saturated rings. The molecule has 0 spiro atoms. The van der Waals surface area contributed by atoms with E-state index in [0.717, 1.165) is 25.1 Å². The number of carbonyl (C=O) groups is 2. The number of nitrogens with one attached hydrogen (secondary N) is 2. The third-order valence-corrected chi connectivity index (χ3v) is 2.93. The van der Waals surface area contributed by atoms with E-state index in [-0.39, 0.29) is 11.9 Å². The average Bonchev–Trinajstić information content (AvgIpc) is 2.46. The van der Waals surface area contributed by atoms with Crippen molar-refractivity contribution in [3.63, 3.8) is 0 Å². The highest BCUT2D eigenvalue weighted by atomic mass is 16.2. The van der Waals surface area contributed by atoms with E-state index in [1.807, 2.05) is 0 Å². The maximum atomic E-state index is 11.9. The van der Waals surface area contributed by atoms with Gasteiger partial charge in [0.15, 0.2) is 0 Å². The van der Waals surface area contributed by atoms with Crippen LogP contribution >= 0.6 is 0 Å². The molecular formula is C15H23N3O2. The maximum Gasteiger partial charge on any atom is 0.321 e. The van der Waals surface area contributed by atoms with Gasteiger partial charge in [0.1, 0.15) is 0 Å². The summed E-state index contributed by atoms with van der Waals surface area (Å²) in [6, 6.07) is 6.97. The second-order valence-electron chi connectivity index (χ2n) is 4.68. The Kier molecular flexibility index (Phi) is 6.56. The molecule has 110 valence electrons. The molecule has 2 N–H and O–H groups in total. The van der Waals surface area contributed by atoms with Gasteiger partial charge < -0.3 is 15.5 Å². The number of urea groups is 1. The molecule has 0 bridgehead atoms. The number of hydrogen-bond acceptors (Lipinski definition) is 2. The summed E-state index contributed by atoms with van der Waals surface area (Å²) in [4.78, 5) is 24.8. The zero-order valence-corrected chi connectivity index (χ0v) is 12.4. The molecule has 0 aromatic heterocycles. The second kappa shape index (κ2) is 8.19. The lowest BCUT2D eigenvalue weighted by atomic mass is 10.2. The standard InChI is InChI=1S/C15H23N3O2/c1-4-6-11-18(3)15(20)17-13-9-7-12(8-10-13)16-14(19)5-2/h7-10H,4-6,11H2,1-3H3,(H,16,19)(H,17,20). The Hall–Kier alpha value is -2.04. The highest BCUT2D eigenvalue weighted by molar-refractivity contribution is 5.92. The molecule has 0 saturated heterocycles. The molecule has 3 amide bonds. The van der Waals surface area contributed by atoms with Crippen LogP contribution in [0.1, 0.15) is 33.1 Å². The molecule has 0 radical (unpaired) electrons. The first-order valence-corrected chi connectivity index (χ1v) is 6.98. The van der Waals surface area contributed by atoms with Crippen molar-refractivity contribution in [1.82, 2.24) is 4.90 Å². The van der Waals surface area contributed by atoms with Gasteiger partial charge in [0.05, 0.1) is 0 Å². The van der Waals surface area contributed by atoms with Gasteiger partial charge in [-0.25, -0.2) is 4.79 Å². The Morgan fingerprint density at radius 1 is 1.05 bits per heavy atom. The number of nitrogens with zero attached hydrogens (tertiary/aromatic N) is 1. The first kappa shape index (κ1) is 16.0. The van der Waals surface area contributed by atoms with Crippen molar-refractivity contribution in [1.29, 1.82) is 0 Å². The molecule has 5 heteroatoms. The Bertz CT molecular complexity index is 443. The largest absolute Gasteiger partial charge is 0.328 e. The van der Waals surface area contributed by atoms with Gasteiger partial charge in [0, 0.05) is 31.4 Å². The number of unbranched alkanes of at least 4 members (excludes halogenated alkanes) is 1. The molecular weight excluding hydrogens is 254 g/mol. The fourth-order valence-corrected chi connectivity index (χ4v) is 1.60. The van der Waals surface area contributed by atoms with Crippen LogP contribution in [0.5, 0.6) is 0 Å². The van der Waals surface area contributed by atoms with Gasteiger partial charge in [0.25, 0.3) is 0 Å². The molecule has 0 atom stereocenters. The smallest absolute Gasteiger partial charge is 0.321 e. The van der Waals surface area contributed by atoms with Gasteiger partial charge >= 0.3 is 6.03 Å². The third-order valence-electron chi connectivity index (χ3n) is 2.93. The zero-order valence-electron chi connectivity index (χ0n) is 12.4. The van der Waals surface area contributed by atoms with Crippen LogP contribution in [-0.2, 0) is 4.79 Å². The topological polar surface area (TPSA) is 61.4 Å². The van der Waals surface area contributed by atoms with Gasteiger partial charge in [0.2, 0.25) is 5.91 Å². The molecule has 0 aliphatic rings. The van der Waals surface area contributed by atoms with Crippen LogP contribution in [0.15, 0.2) is 24.3 Å². The van der Waals surface area contributed by atoms with Crippen molar-refractivity contribution < 1.29 is 9.59 Å². The Morgan fingerprint density at radius 3 is 2.10 bits per heavy atom. The van der Waals surface area contributed by atoms with Gasteiger partial charge in [-0.1, -0.05) is 20.3 Å². The number of anilines is 2. The van der Waals surface area contributed by atoms with E-state index in [0.29, 0.717) is 12.1 Å². The van der Waals surface area contributed by atoms with E-state index in [2.05, 4.69) is 17.6 Å². The van der Waals surface area contributed by atoms with Gasteiger partial charge in [-0.2, -0.15) is 0 Å². The summed E-state index contributed by atoms with van der Waals surface area (Å²) in [6.07, 6.45) is 2.50. The van der Waals surface area contributed by atoms with Crippen molar-refractivity contribution in [2.75, 3.05) is 24.2 Å². The molecule has 20 heavy (non-hydrogen) atoms. The lowest BCUT2D eigenvalue weighted by Gasteiger charge is -2.17. The lowest BCUT2D eigenvalue weighted by Crippen LogP contribution is -2.32. The maximum absolute atomic E-state index is 11.9. The van der Waals surface area contributed by atoms with Crippen LogP contribution < -0.4 is 10.6 Å². The van der Waals surface area contributed by atoms with Crippen LogP contribution in [0.25, 0.3) is 0 Å². The van der Waals surface area contributed by atoms with Crippen molar-refractivity contribution in [3.8, 4) is 0 Å². The van der Waals surface area contributed by atoms with E-state index >= 15 is 0 Å². The molecule has 0 saturated carbocycles. The highest BCUT2D eigenvalue weighted by Gasteiger charge is 2.08. The molecule has 5 nitrogen and oxygen atoms in total. The van der Waals surface area contributed by atoms with Crippen LogP contribution in [0, 0.1) is 0 Å². The van der Waals surface area contributed by atoms with Crippen molar-refractivity contribution in [2.45, 2.75) is 33.1 Å². The van der Waals surface area contributed by atoms with Gasteiger partial charge in [-0.3, -0.25) is 4.79 Å². The van der Waals surface area contributed by atoms with Crippen molar-refractivity contribution in [3.05, 3.63) is 24.3 Å². The van der Waals surface area contributed by atoms with E-state index in [4.69, 9.17) is 0 Å². The van der Waals surface area contributed by atoms with Crippen molar-refractivity contribution >= 4 is 23.3 Å². The molecule has 0 heterocycles. The van der Waals surface area contributed by atoms with Gasteiger partial charge in [-0.15, -0.1) is 0 Å². The minimum atomic E-state index is -0.121. The summed E-state index contributed by atoms with van der Waals surface area (Å²) in [5.74, 6) is -0.0268. The van der Waals surface area contributed by atoms with Crippen LogP contribution in [0.4, 0.5) is 16.2 Å². The summed E-state index contributed by atoms with van der Waals surface area (Å²) >= 11 is 0. The van der Waals surface area contributed by atoms with Crippen LogP contribution in [0.2, 0.25) is 0 Å². The molecule has 1 aromatic carbocycles. The minimum absolute atomic E-state index is 0.0268. The number of carbonyl (C=O) groups excluding carboxylic acids is 2. The molecule has 1 rings (SSSR count). The van der Waals surface area contributed by atoms with Gasteiger partial charge in [-0.05, 0) is 30.7 Å². The summed E-state index contributed by atoms with van der Waals surface area (Å²) in [6.45, 7) is 4.64. The summed E-state index contributed by atoms with van der Waals surface area (Å²) < 4.78 is 0. The van der Waals surface area contributed by atoms with E-state index < -0.39 is 0 Å². The molecule has 0 aliphatic heterocycles. The minimum Gasteiger partial charge on any atom is -0.328 e. The third kappa shape index (κ3) is 5.30. The Balaban J connectivity index is 2.52. The van der Waals surface area contributed by atoms with E-state index in [1.54, 1.807) is 43.1 Å². The predicted molar refractivity (Wildman–Crippen MR) is 81.9 cm³/mol. The van der Waals surface area contributed by atoms with E-state index in [1.165, 1.54) is 0 Å². The number of rotatable bonds is 6. The van der Waals surface area contributed by atoms with Crippen LogP contribution in [0.3, 0.4) is 0 Å². The normalized spacial score (nSPS) is 9.95. The fourth-order valence-electron chi connectivity index (χ4n) is 1.60. The average molecular weight is 277 g/mol. The lowest BCUT2D eigenvalue weighted by molar-refractivity contribution is -0.115. The monoisotopic (exact) mass is 277 g/mol. The zero-order chi connectivity index (χ0) is 15.0. The Labute approximate surface area is 120 Å². The molecule has 0 unspecified atom stereocenters. The van der Waals surface area contributed by atoms with Crippen LogP contribution in [-0.4, -0.2) is 30.4 Å². The number of benzene rings is 1. The highest BCUT2D eigenvalue weighted by Crippen LogP contribution is 2.14. The Morgan fingerprint density at radius 2 is 1.60 bits per heavy atom. The number of amides is 3. The van der Waals surface area contributed by atoms with E-state index in [9.17, 15) is 9.59 Å². The second-order valence-corrected chi connectivity index (χ2v) is 4.68. The van der Waals surface area contributed by atoms with Crippen molar-refractivity contribution in [2.24, 2.45) is 0 Å². The SMILES string of the molecule is CCCCN(C)C(=O)Nc1ccc(NC(=O)CC)cc1. The first-order chi connectivity index (χ1) is 9.56.